The van der Waals surface area contributed by atoms with Gasteiger partial charge in [0.2, 0.25) is 0 Å². The number of aryl methyl sites for hydroxylation is 2. The Morgan fingerprint density at radius 1 is 1.35 bits per heavy atom. The molecule has 0 aliphatic rings. The van der Waals surface area contributed by atoms with E-state index in [0.717, 1.165) is 16.7 Å². The zero-order valence-electron chi connectivity index (χ0n) is 10.1. The van der Waals surface area contributed by atoms with E-state index in [9.17, 15) is 4.79 Å². The zero-order valence-corrected chi connectivity index (χ0v) is 10.1. The highest BCUT2D eigenvalue weighted by Gasteiger charge is 2.18. The van der Waals surface area contributed by atoms with E-state index in [0.29, 0.717) is 5.69 Å². The number of nitrogens with two attached hydrogens (primary N) is 1. The smallest absolute Gasteiger partial charge is 0.293 e. The van der Waals surface area contributed by atoms with Crippen molar-refractivity contribution in [3.8, 4) is 11.3 Å². The first kappa shape index (κ1) is 11.4. The highest BCUT2D eigenvalue weighted by atomic mass is 16.4. The van der Waals surface area contributed by atoms with Crippen molar-refractivity contribution in [2.45, 2.75) is 20.8 Å². The molecule has 2 aromatic rings. The molecule has 0 unspecified atom stereocenters. The summed E-state index contributed by atoms with van der Waals surface area (Å²) in [6.07, 6.45) is 0. The van der Waals surface area contributed by atoms with Gasteiger partial charge in [0.15, 0.2) is 11.5 Å². The molecule has 0 amide bonds. The number of ketones is 1. The number of rotatable bonds is 2. The number of hydrogen-bond donors (Lipinski definition) is 1. The van der Waals surface area contributed by atoms with Crippen LogP contribution in [-0.4, -0.2) is 10.8 Å². The lowest BCUT2D eigenvalue weighted by atomic mass is 10.0. The number of aromatic nitrogens is 1. The van der Waals surface area contributed by atoms with E-state index in [1.807, 2.05) is 32.0 Å². The molecule has 4 heteroatoms. The van der Waals surface area contributed by atoms with Crippen LogP contribution >= 0.6 is 0 Å². The van der Waals surface area contributed by atoms with Gasteiger partial charge in [-0.2, -0.15) is 4.98 Å². The fourth-order valence-corrected chi connectivity index (χ4v) is 1.84. The first-order valence-electron chi connectivity index (χ1n) is 5.34. The largest absolute Gasteiger partial charge is 0.420 e. The van der Waals surface area contributed by atoms with E-state index in [1.165, 1.54) is 6.92 Å². The Labute approximate surface area is 99.5 Å². The van der Waals surface area contributed by atoms with Gasteiger partial charge in [0.1, 0.15) is 5.69 Å². The summed E-state index contributed by atoms with van der Waals surface area (Å²) >= 11 is 0. The summed E-state index contributed by atoms with van der Waals surface area (Å²) in [5, 5.41) is 0. The minimum atomic E-state index is -0.177. The minimum Gasteiger partial charge on any atom is -0.420 e. The van der Waals surface area contributed by atoms with Crippen molar-refractivity contribution in [3.63, 3.8) is 0 Å². The lowest BCUT2D eigenvalue weighted by Crippen LogP contribution is -1.94. The van der Waals surface area contributed by atoms with Gasteiger partial charge in [-0.3, -0.25) is 4.79 Å². The highest BCUT2D eigenvalue weighted by molar-refractivity contribution is 5.97. The number of carbonyl (C=O) groups excluding carboxylic acids is 1. The standard InChI is InChI=1S/C13H14N2O2/c1-7-4-5-10(8(2)6-7)11-12(9(3)16)17-13(14)15-11/h4-6H,1-3H3,(H2,14,15). The van der Waals surface area contributed by atoms with Gasteiger partial charge in [-0.05, 0) is 19.4 Å². The quantitative estimate of drug-likeness (QED) is 0.805. The van der Waals surface area contributed by atoms with Crippen molar-refractivity contribution in [2.24, 2.45) is 0 Å². The maximum Gasteiger partial charge on any atom is 0.293 e. The molecule has 0 saturated carbocycles. The van der Waals surface area contributed by atoms with Gasteiger partial charge in [0.05, 0.1) is 0 Å². The van der Waals surface area contributed by atoms with Gasteiger partial charge in [-0.15, -0.1) is 0 Å². The summed E-state index contributed by atoms with van der Waals surface area (Å²) in [6.45, 7) is 5.42. The monoisotopic (exact) mass is 230 g/mol. The number of nitrogen functional groups attached to an aromatic ring is 1. The van der Waals surface area contributed by atoms with Gasteiger partial charge in [-0.25, -0.2) is 0 Å². The van der Waals surface area contributed by atoms with Gasteiger partial charge >= 0.3 is 0 Å². The van der Waals surface area contributed by atoms with Crippen molar-refractivity contribution in [1.29, 1.82) is 0 Å². The average Bonchev–Trinajstić information content (AvgIpc) is 2.60. The summed E-state index contributed by atoms with van der Waals surface area (Å²) in [5.41, 5.74) is 9.10. The van der Waals surface area contributed by atoms with Gasteiger partial charge in [0, 0.05) is 12.5 Å². The van der Waals surface area contributed by atoms with E-state index in [-0.39, 0.29) is 17.6 Å². The summed E-state index contributed by atoms with van der Waals surface area (Å²) in [5.74, 6) is 0.0404. The predicted octanol–water partition coefficient (Wildman–Crippen LogP) is 2.74. The predicted molar refractivity (Wildman–Crippen MR) is 65.8 cm³/mol. The fourth-order valence-electron chi connectivity index (χ4n) is 1.84. The molecular weight excluding hydrogens is 216 g/mol. The molecule has 17 heavy (non-hydrogen) atoms. The molecule has 2 rings (SSSR count). The molecule has 0 radical (unpaired) electrons. The highest BCUT2D eigenvalue weighted by Crippen LogP contribution is 2.28. The summed E-state index contributed by atoms with van der Waals surface area (Å²) in [7, 11) is 0. The minimum absolute atomic E-state index is 0.0187. The normalized spacial score (nSPS) is 10.5. The van der Waals surface area contributed by atoms with E-state index in [4.69, 9.17) is 10.2 Å². The lowest BCUT2D eigenvalue weighted by Gasteiger charge is -2.04. The molecule has 0 fully saturated rings. The Balaban J connectivity index is 2.63. The van der Waals surface area contributed by atoms with Gasteiger partial charge in [0.25, 0.3) is 6.01 Å². The summed E-state index contributed by atoms with van der Waals surface area (Å²) in [4.78, 5) is 15.5. The van der Waals surface area contributed by atoms with Crippen LogP contribution in [0, 0.1) is 13.8 Å². The van der Waals surface area contributed by atoms with Crippen LogP contribution < -0.4 is 5.73 Å². The molecule has 4 nitrogen and oxygen atoms in total. The number of nitrogens with zero attached hydrogens (tertiary/aromatic N) is 1. The van der Waals surface area contributed by atoms with E-state index in [1.54, 1.807) is 0 Å². The van der Waals surface area contributed by atoms with Crippen molar-refractivity contribution >= 4 is 11.8 Å². The summed E-state index contributed by atoms with van der Waals surface area (Å²) < 4.78 is 5.13. The Morgan fingerprint density at radius 3 is 2.65 bits per heavy atom. The van der Waals surface area contributed by atoms with E-state index in [2.05, 4.69) is 4.98 Å². The van der Waals surface area contributed by atoms with Crippen LogP contribution in [0.2, 0.25) is 0 Å². The SMILES string of the molecule is CC(=O)c1oc(N)nc1-c1ccc(C)cc1C. The van der Waals surface area contributed by atoms with Crippen molar-refractivity contribution in [3.05, 3.63) is 35.1 Å². The third-order valence-corrected chi connectivity index (χ3v) is 2.60. The first-order chi connectivity index (χ1) is 7.99. The van der Waals surface area contributed by atoms with Crippen LogP contribution in [0.25, 0.3) is 11.3 Å². The maximum absolute atomic E-state index is 11.4. The third kappa shape index (κ3) is 2.06. The molecule has 1 aromatic carbocycles. The van der Waals surface area contributed by atoms with Crippen LogP contribution in [0.1, 0.15) is 28.6 Å². The average molecular weight is 230 g/mol. The van der Waals surface area contributed by atoms with Crippen LogP contribution in [0.15, 0.2) is 22.6 Å². The van der Waals surface area contributed by atoms with Gasteiger partial charge < -0.3 is 10.2 Å². The molecule has 0 atom stereocenters. The number of hydrogen-bond acceptors (Lipinski definition) is 4. The number of carbonyl (C=O) groups is 1. The molecular formula is C13H14N2O2. The molecule has 0 aliphatic heterocycles. The molecule has 1 aromatic heterocycles. The first-order valence-corrected chi connectivity index (χ1v) is 5.34. The molecule has 1 heterocycles. The van der Waals surface area contributed by atoms with Gasteiger partial charge in [-0.1, -0.05) is 23.8 Å². The Bertz CT molecular complexity index is 585. The molecule has 2 N–H and O–H groups in total. The Hall–Kier alpha value is -2.10. The second-order valence-electron chi connectivity index (χ2n) is 4.10. The van der Waals surface area contributed by atoms with Crippen LogP contribution in [0.5, 0.6) is 0 Å². The maximum atomic E-state index is 11.4. The second kappa shape index (κ2) is 4.05. The topological polar surface area (TPSA) is 69.1 Å². The lowest BCUT2D eigenvalue weighted by molar-refractivity contribution is 0.0989. The molecule has 0 aliphatic carbocycles. The third-order valence-electron chi connectivity index (χ3n) is 2.60. The number of benzene rings is 1. The van der Waals surface area contributed by atoms with Crippen LogP contribution in [0.3, 0.4) is 0 Å². The molecule has 0 spiro atoms. The van der Waals surface area contributed by atoms with Crippen molar-refractivity contribution in [1.82, 2.24) is 4.98 Å². The Kier molecular flexibility index (Phi) is 2.71. The molecule has 0 bridgehead atoms. The molecule has 0 saturated heterocycles. The second-order valence-corrected chi connectivity index (χ2v) is 4.10. The van der Waals surface area contributed by atoms with E-state index < -0.39 is 0 Å². The number of anilines is 1. The van der Waals surface area contributed by atoms with Crippen LogP contribution in [0.4, 0.5) is 6.01 Å². The zero-order chi connectivity index (χ0) is 12.6. The number of Topliss-reactive ketones (excluding diaryl/α,β-unsaturated/α-hetero) is 1. The fraction of sp³-hybridized carbons (Fsp3) is 0.231. The van der Waals surface area contributed by atoms with E-state index >= 15 is 0 Å². The molecule has 88 valence electrons. The summed E-state index contributed by atoms with van der Waals surface area (Å²) in [6, 6.07) is 5.94. The van der Waals surface area contributed by atoms with Crippen LogP contribution in [-0.2, 0) is 0 Å². The van der Waals surface area contributed by atoms with Crippen molar-refractivity contribution in [2.75, 3.05) is 5.73 Å². The van der Waals surface area contributed by atoms with Crippen molar-refractivity contribution < 1.29 is 9.21 Å². The Morgan fingerprint density at radius 2 is 2.06 bits per heavy atom. The number of oxazole rings is 1.